The molecule has 2 atom stereocenters. The number of hydrogen-bond acceptors (Lipinski definition) is 2. The highest BCUT2D eigenvalue weighted by Gasteiger charge is 2.49. The summed E-state index contributed by atoms with van der Waals surface area (Å²) in [7, 11) is 0. The molecule has 2 bridgehead atoms. The van der Waals surface area contributed by atoms with Gasteiger partial charge in [0.05, 0.1) is 6.04 Å². The first-order chi connectivity index (χ1) is 9.54. The Morgan fingerprint density at radius 1 is 1.40 bits per heavy atom. The van der Waals surface area contributed by atoms with Gasteiger partial charge in [0, 0.05) is 25.7 Å². The van der Waals surface area contributed by atoms with Gasteiger partial charge in [-0.25, -0.2) is 4.39 Å². The van der Waals surface area contributed by atoms with Crippen LogP contribution in [0.25, 0.3) is 0 Å². The smallest absolute Gasteiger partial charge is 0.240 e. The Bertz CT molecular complexity index is 517. The molecule has 0 spiro atoms. The molecule has 0 N–H and O–H groups in total. The number of likely N-dealkylation sites (tertiary alicyclic amines) is 2. The maximum absolute atomic E-state index is 13.2. The van der Waals surface area contributed by atoms with Crippen LogP contribution in [0.1, 0.15) is 25.8 Å². The third-order valence-electron chi connectivity index (χ3n) is 4.23. The van der Waals surface area contributed by atoms with Crippen molar-refractivity contribution in [3.63, 3.8) is 0 Å². The molecule has 4 heteroatoms. The normalized spacial score (nSPS) is 26.0. The van der Waals surface area contributed by atoms with Crippen LogP contribution < -0.4 is 0 Å². The third kappa shape index (κ3) is 2.44. The van der Waals surface area contributed by atoms with E-state index in [9.17, 15) is 9.18 Å². The van der Waals surface area contributed by atoms with E-state index in [1.54, 1.807) is 6.07 Å². The van der Waals surface area contributed by atoms with Gasteiger partial charge in [0.2, 0.25) is 5.91 Å². The van der Waals surface area contributed by atoms with Crippen LogP contribution in [0.5, 0.6) is 0 Å². The summed E-state index contributed by atoms with van der Waals surface area (Å²) in [6.45, 7) is 6.85. The molecule has 2 aliphatic heterocycles. The molecule has 2 saturated heterocycles. The van der Waals surface area contributed by atoms with Gasteiger partial charge in [-0.15, -0.1) is 0 Å². The summed E-state index contributed by atoms with van der Waals surface area (Å²) in [5.41, 5.74) is 0.876. The molecule has 3 rings (SSSR count). The second kappa shape index (κ2) is 5.17. The Kier molecular flexibility index (Phi) is 3.50. The van der Waals surface area contributed by atoms with E-state index in [0.29, 0.717) is 18.5 Å². The first kappa shape index (κ1) is 13.6. The largest absolute Gasteiger partial charge is 0.333 e. The highest BCUT2D eigenvalue weighted by atomic mass is 19.1. The monoisotopic (exact) mass is 276 g/mol. The number of halogens is 1. The first-order valence-corrected chi connectivity index (χ1v) is 7.33. The Hall–Kier alpha value is -1.42. The number of piperazine rings is 1. The number of nitrogens with zero attached hydrogens (tertiary/aromatic N) is 2. The molecule has 0 aromatic heterocycles. The summed E-state index contributed by atoms with van der Waals surface area (Å²) >= 11 is 0. The van der Waals surface area contributed by atoms with E-state index >= 15 is 0 Å². The van der Waals surface area contributed by atoms with Crippen molar-refractivity contribution >= 4 is 5.91 Å². The predicted octanol–water partition coefficient (Wildman–Crippen LogP) is 2.27. The number of benzene rings is 1. The van der Waals surface area contributed by atoms with Gasteiger partial charge in [0.1, 0.15) is 5.82 Å². The molecule has 0 saturated carbocycles. The lowest BCUT2D eigenvalue weighted by molar-refractivity contribution is -0.137. The average molecular weight is 276 g/mol. The summed E-state index contributed by atoms with van der Waals surface area (Å²) in [6.07, 6.45) is 0.931. The Morgan fingerprint density at radius 3 is 2.85 bits per heavy atom. The van der Waals surface area contributed by atoms with Gasteiger partial charge in [-0.1, -0.05) is 26.0 Å². The molecule has 3 nitrogen and oxygen atoms in total. The quantitative estimate of drug-likeness (QED) is 0.842. The van der Waals surface area contributed by atoms with E-state index in [-0.39, 0.29) is 17.8 Å². The number of fused-ring (bicyclic) bond motifs is 2. The Balaban J connectivity index is 1.68. The summed E-state index contributed by atoms with van der Waals surface area (Å²) in [6, 6.07) is 6.89. The molecule has 20 heavy (non-hydrogen) atoms. The van der Waals surface area contributed by atoms with Crippen molar-refractivity contribution in [1.82, 2.24) is 9.80 Å². The van der Waals surface area contributed by atoms with Crippen LogP contribution in [-0.4, -0.2) is 40.9 Å². The predicted molar refractivity (Wildman–Crippen MR) is 75.6 cm³/mol. The van der Waals surface area contributed by atoms with Gasteiger partial charge in [-0.2, -0.15) is 0 Å². The SMILES string of the molecule is CC(C)CN1CC2C[C@@H]1C(=O)N2Cc1cccc(F)c1. The molecular formula is C16H21FN2O. The zero-order valence-electron chi connectivity index (χ0n) is 12.1. The number of rotatable bonds is 4. The Labute approximate surface area is 119 Å². The number of hydrogen-bond donors (Lipinski definition) is 0. The molecule has 0 radical (unpaired) electrons. The van der Waals surface area contributed by atoms with Crippen molar-refractivity contribution < 1.29 is 9.18 Å². The number of amides is 1. The molecule has 1 aromatic carbocycles. The summed E-state index contributed by atoms with van der Waals surface area (Å²) in [5, 5.41) is 0. The van der Waals surface area contributed by atoms with Crippen LogP contribution >= 0.6 is 0 Å². The third-order valence-corrected chi connectivity index (χ3v) is 4.23. The van der Waals surface area contributed by atoms with Gasteiger partial charge < -0.3 is 4.90 Å². The average Bonchev–Trinajstić information content (AvgIpc) is 2.89. The van der Waals surface area contributed by atoms with E-state index in [1.165, 1.54) is 12.1 Å². The van der Waals surface area contributed by atoms with Crippen molar-refractivity contribution in [2.75, 3.05) is 13.1 Å². The minimum Gasteiger partial charge on any atom is -0.333 e. The molecule has 2 aliphatic rings. The molecule has 108 valence electrons. The highest BCUT2D eigenvalue weighted by molar-refractivity contribution is 5.85. The van der Waals surface area contributed by atoms with E-state index in [2.05, 4.69) is 18.7 Å². The van der Waals surface area contributed by atoms with Crippen LogP contribution in [0.3, 0.4) is 0 Å². The second-order valence-corrected chi connectivity index (χ2v) is 6.35. The van der Waals surface area contributed by atoms with Crippen molar-refractivity contribution in [2.24, 2.45) is 5.92 Å². The fraction of sp³-hybridized carbons (Fsp3) is 0.562. The van der Waals surface area contributed by atoms with Gasteiger partial charge in [-0.3, -0.25) is 9.69 Å². The van der Waals surface area contributed by atoms with E-state index < -0.39 is 0 Å². The standard InChI is InChI=1S/C16H21FN2O/c1-11(2)8-18-10-14-7-15(18)16(20)19(14)9-12-4-3-5-13(17)6-12/h3-6,11,14-15H,7-10H2,1-2H3/t14?,15-/m1/s1. The zero-order valence-corrected chi connectivity index (χ0v) is 12.1. The molecule has 1 unspecified atom stereocenters. The maximum Gasteiger partial charge on any atom is 0.240 e. The number of carbonyl (C=O) groups is 1. The zero-order chi connectivity index (χ0) is 14.3. The number of carbonyl (C=O) groups excluding carboxylic acids is 1. The van der Waals surface area contributed by atoms with Crippen molar-refractivity contribution in [1.29, 1.82) is 0 Å². The second-order valence-electron chi connectivity index (χ2n) is 6.35. The fourth-order valence-electron chi connectivity index (χ4n) is 3.44. The van der Waals surface area contributed by atoms with Gasteiger partial charge in [0.15, 0.2) is 0 Å². The molecular weight excluding hydrogens is 255 g/mol. The minimum atomic E-state index is -0.235. The molecule has 1 aromatic rings. The highest BCUT2D eigenvalue weighted by Crippen LogP contribution is 2.33. The van der Waals surface area contributed by atoms with E-state index in [1.807, 2.05) is 11.0 Å². The summed E-state index contributed by atoms with van der Waals surface area (Å²) in [4.78, 5) is 16.7. The van der Waals surface area contributed by atoms with E-state index in [0.717, 1.165) is 25.1 Å². The van der Waals surface area contributed by atoms with Crippen LogP contribution in [0, 0.1) is 11.7 Å². The lowest BCUT2D eigenvalue weighted by Crippen LogP contribution is -2.50. The molecule has 2 fully saturated rings. The minimum absolute atomic E-state index is 0.0518. The maximum atomic E-state index is 13.2. The van der Waals surface area contributed by atoms with Crippen LogP contribution in [0.15, 0.2) is 24.3 Å². The summed E-state index contributed by atoms with van der Waals surface area (Å²) < 4.78 is 13.2. The van der Waals surface area contributed by atoms with Crippen LogP contribution in [-0.2, 0) is 11.3 Å². The topological polar surface area (TPSA) is 23.6 Å². The van der Waals surface area contributed by atoms with Gasteiger partial charge in [-0.05, 0) is 30.0 Å². The van der Waals surface area contributed by atoms with Crippen LogP contribution in [0.4, 0.5) is 4.39 Å². The molecule has 1 amide bonds. The van der Waals surface area contributed by atoms with Crippen molar-refractivity contribution in [3.05, 3.63) is 35.6 Å². The molecule has 2 heterocycles. The lowest BCUT2D eigenvalue weighted by atomic mass is 10.1. The lowest BCUT2D eigenvalue weighted by Gasteiger charge is -2.34. The van der Waals surface area contributed by atoms with Gasteiger partial charge in [0.25, 0.3) is 0 Å². The van der Waals surface area contributed by atoms with Gasteiger partial charge >= 0.3 is 0 Å². The van der Waals surface area contributed by atoms with Crippen molar-refractivity contribution in [2.45, 2.75) is 38.9 Å². The molecule has 0 aliphatic carbocycles. The fourth-order valence-corrected chi connectivity index (χ4v) is 3.44. The summed E-state index contributed by atoms with van der Waals surface area (Å²) in [5.74, 6) is 0.561. The Morgan fingerprint density at radius 2 is 2.20 bits per heavy atom. The van der Waals surface area contributed by atoms with E-state index in [4.69, 9.17) is 0 Å². The van der Waals surface area contributed by atoms with Crippen LogP contribution in [0.2, 0.25) is 0 Å². The first-order valence-electron chi connectivity index (χ1n) is 7.33. The van der Waals surface area contributed by atoms with Crippen molar-refractivity contribution in [3.8, 4) is 0 Å².